The van der Waals surface area contributed by atoms with Crippen LogP contribution in [0.15, 0.2) is 23.0 Å². The summed E-state index contributed by atoms with van der Waals surface area (Å²) < 4.78 is 3.21. The summed E-state index contributed by atoms with van der Waals surface area (Å²) in [5.74, 6) is -0.173. The number of imidazole rings is 1. The van der Waals surface area contributed by atoms with Crippen LogP contribution in [-0.4, -0.2) is 75.1 Å². The van der Waals surface area contributed by atoms with Crippen LogP contribution in [0.2, 0.25) is 0 Å². The van der Waals surface area contributed by atoms with Gasteiger partial charge >= 0.3 is 5.69 Å². The molecule has 4 fully saturated rings. The highest BCUT2D eigenvalue weighted by atomic mass is 16.2. The number of nitrogens with two attached hydrogens (primary N) is 1. The molecule has 0 radical (unpaired) electrons. The van der Waals surface area contributed by atoms with Crippen molar-refractivity contribution >= 4 is 22.8 Å². The first-order chi connectivity index (χ1) is 18.4. The Bertz CT molecular complexity index is 1240. The molecule has 4 heterocycles. The van der Waals surface area contributed by atoms with Crippen molar-refractivity contribution in [3.05, 3.63) is 34.2 Å². The van der Waals surface area contributed by atoms with E-state index in [1.165, 1.54) is 44.3 Å². The van der Waals surface area contributed by atoms with Crippen LogP contribution >= 0.6 is 0 Å². The maximum Gasteiger partial charge on any atom is 0.329 e. The van der Waals surface area contributed by atoms with Crippen LogP contribution in [0.5, 0.6) is 0 Å². The number of hydrogen-bond donors (Lipinski definition) is 2. The van der Waals surface area contributed by atoms with Gasteiger partial charge in [0.2, 0.25) is 11.8 Å². The van der Waals surface area contributed by atoms with E-state index in [9.17, 15) is 14.4 Å². The average Bonchev–Trinajstić information content (AvgIpc) is 3.18. The summed E-state index contributed by atoms with van der Waals surface area (Å²) in [6.07, 6.45) is 10.4. The predicted octanol–water partition coefficient (Wildman–Crippen LogP) is 2.23. The van der Waals surface area contributed by atoms with Crippen molar-refractivity contribution in [2.24, 2.45) is 12.8 Å². The van der Waals surface area contributed by atoms with Crippen molar-refractivity contribution in [3.63, 3.8) is 0 Å². The molecule has 2 amide bonds. The molecule has 1 aromatic heterocycles. The van der Waals surface area contributed by atoms with Gasteiger partial charge in [-0.25, -0.2) is 4.79 Å². The van der Waals surface area contributed by atoms with Gasteiger partial charge in [0, 0.05) is 31.6 Å². The van der Waals surface area contributed by atoms with Gasteiger partial charge in [0.25, 0.3) is 0 Å². The zero-order valence-corrected chi connectivity index (χ0v) is 22.6. The lowest BCUT2D eigenvalue weighted by atomic mass is 9.84. The summed E-state index contributed by atoms with van der Waals surface area (Å²) in [4.78, 5) is 42.6. The molecular weight excluding hydrogens is 480 g/mol. The summed E-state index contributed by atoms with van der Waals surface area (Å²) in [5.41, 5.74) is 8.80. The highest BCUT2D eigenvalue weighted by molar-refractivity contribution is 6.00. The van der Waals surface area contributed by atoms with Gasteiger partial charge in [0.1, 0.15) is 6.04 Å². The molecular formula is C29H42N6O3. The number of rotatable bonds is 4. The molecule has 3 N–H and O–H groups in total. The van der Waals surface area contributed by atoms with Crippen LogP contribution in [0.4, 0.5) is 0 Å². The Labute approximate surface area is 224 Å². The number of likely N-dealkylation sites (tertiary alicyclic amines) is 2. The number of nitrogens with one attached hydrogen (secondary N) is 1. The maximum atomic E-state index is 13.1. The number of nitrogens with zero attached hydrogens (tertiary/aromatic N) is 4. The van der Waals surface area contributed by atoms with Crippen molar-refractivity contribution in [2.45, 2.75) is 94.3 Å². The normalized spacial score (nSPS) is 29.2. The number of aryl methyl sites for hydroxylation is 1. The number of benzene rings is 1. The minimum atomic E-state index is -0.638. The first-order valence-corrected chi connectivity index (χ1v) is 14.7. The fourth-order valence-corrected chi connectivity index (χ4v) is 7.54. The molecule has 0 bridgehead atoms. The number of carbonyl (C=O) groups excluding carboxylic acids is 2. The number of amides is 2. The molecule has 206 valence electrons. The third-order valence-corrected chi connectivity index (χ3v) is 9.91. The monoisotopic (exact) mass is 522 g/mol. The molecule has 38 heavy (non-hydrogen) atoms. The average molecular weight is 523 g/mol. The maximum absolute atomic E-state index is 13.1. The molecule has 9 nitrogen and oxygen atoms in total. The van der Waals surface area contributed by atoms with Gasteiger partial charge in [-0.05, 0) is 108 Å². The Kier molecular flexibility index (Phi) is 7.18. The molecule has 1 aliphatic carbocycles. The minimum absolute atomic E-state index is 0.204. The van der Waals surface area contributed by atoms with Crippen LogP contribution in [0.3, 0.4) is 0 Å². The molecule has 1 atom stereocenters. The lowest BCUT2D eigenvalue weighted by Crippen LogP contribution is -2.49. The third kappa shape index (κ3) is 4.84. The van der Waals surface area contributed by atoms with Gasteiger partial charge in [-0.1, -0.05) is 6.07 Å². The van der Waals surface area contributed by atoms with Gasteiger partial charge in [-0.15, -0.1) is 0 Å². The van der Waals surface area contributed by atoms with E-state index in [1.807, 2.05) is 6.07 Å². The lowest BCUT2D eigenvalue weighted by Gasteiger charge is -2.44. The number of fused-ring (bicyclic) bond motifs is 1. The van der Waals surface area contributed by atoms with Gasteiger partial charge < -0.3 is 15.5 Å². The van der Waals surface area contributed by atoms with E-state index in [0.29, 0.717) is 24.4 Å². The first kappa shape index (κ1) is 25.8. The number of piperidine rings is 3. The van der Waals surface area contributed by atoms with Gasteiger partial charge in [0.15, 0.2) is 0 Å². The third-order valence-electron chi connectivity index (χ3n) is 9.91. The number of imide groups is 1. The molecule has 2 aromatic rings. The largest absolute Gasteiger partial charge is 0.329 e. The van der Waals surface area contributed by atoms with E-state index in [2.05, 4.69) is 27.2 Å². The molecule has 1 aromatic carbocycles. The highest BCUT2D eigenvalue weighted by Crippen LogP contribution is 2.35. The Balaban J connectivity index is 1.08. The van der Waals surface area contributed by atoms with E-state index < -0.39 is 6.04 Å². The molecule has 3 aliphatic heterocycles. The Morgan fingerprint density at radius 2 is 1.39 bits per heavy atom. The van der Waals surface area contributed by atoms with Crippen LogP contribution in [-0.2, 0) is 16.6 Å². The molecule has 1 unspecified atom stereocenters. The SMILES string of the molecule is Cn1c(=O)n(C2CCC(=O)NC2=O)c2ccc(C3CCN(C4CCC(N5CCC(N)CC5)CC4)CC3)cc21. The van der Waals surface area contributed by atoms with E-state index in [0.717, 1.165) is 55.8 Å². The van der Waals surface area contributed by atoms with Crippen LogP contribution in [0.1, 0.15) is 81.7 Å². The zero-order valence-electron chi connectivity index (χ0n) is 22.6. The van der Waals surface area contributed by atoms with Gasteiger partial charge in [-0.2, -0.15) is 0 Å². The molecule has 0 spiro atoms. The van der Waals surface area contributed by atoms with Gasteiger partial charge in [0.05, 0.1) is 11.0 Å². The van der Waals surface area contributed by atoms with Crippen molar-refractivity contribution in [1.29, 1.82) is 0 Å². The second-order valence-corrected chi connectivity index (χ2v) is 12.1. The first-order valence-electron chi connectivity index (χ1n) is 14.7. The second-order valence-electron chi connectivity index (χ2n) is 12.1. The highest BCUT2D eigenvalue weighted by Gasteiger charge is 2.34. The van der Waals surface area contributed by atoms with E-state index >= 15 is 0 Å². The molecule has 1 saturated carbocycles. The molecule has 3 saturated heterocycles. The van der Waals surface area contributed by atoms with E-state index in [-0.39, 0.29) is 23.9 Å². The standard InChI is InChI=1S/C29H42N6O3/c1-32-26-18-20(2-7-24(26)35(29(32)38)25-8-9-27(36)31-28(25)37)19-10-14-33(15-11-19)22-3-5-23(6-4-22)34-16-12-21(30)13-17-34/h2,7,18-19,21-23,25H,3-6,8-17,30H2,1H3,(H,31,36,37). The summed E-state index contributed by atoms with van der Waals surface area (Å²) in [6.45, 7) is 4.61. The van der Waals surface area contributed by atoms with Crippen molar-refractivity contribution < 1.29 is 9.59 Å². The zero-order chi connectivity index (χ0) is 26.4. The lowest BCUT2D eigenvalue weighted by molar-refractivity contribution is -0.135. The number of carbonyl (C=O) groups is 2. The van der Waals surface area contributed by atoms with Crippen molar-refractivity contribution in [3.8, 4) is 0 Å². The van der Waals surface area contributed by atoms with Gasteiger partial charge in [-0.3, -0.25) is 24.0 Å². The van der Waals surface area contributed by atoms with Crippen molar-refractivity contribution in [1.82, 2.24) is 24.3 Å². The van der Waals surface area contributed by atoms with Crippen LogP contribution < -0.4 is 16.7 Å². The predicted molar refractivity (Wildman–Crippen MR) is 147 cm³/mol. The van der Waals surface area contributed by atoms with Crippen LogP contribution in [0.25, 0.3) is 11.0 Å². The molecule has 4 aliphatic rings. The summed E-state index contributed by atoms with van der Waals surface area (Å²) in [7, 11) is 1.77. The molecule has 6 rings (SSSR count). The fraction of sp³-hybridized carbons (Fsp3) is 0.690. The Hall–Kier alpha value is -2.49. The Morgan fingerprint density at radius 1 is 0.789 bits per heavy atom. The summed E-state index contributed by atoms with van der Waals surface area (Å²) in [5, 5.41) is 2.39. The van der Waals surface area contributed by atoms with E-state index in [1.54, 1.807) is 16.2 Å². The quantitative estimate of drug-likeness (QED) is 0.597. The van der Waals surface area contributed by atoms with E-state index in [4.69, 9.17) is 5.73 Å². The summed E-state index contributed by atoms with van der Waals surface area (Å²) >= 11 is 0. The second kappa shape index (κ2) is 10.6. The minimum Gasteiger partial charge on any atom is -0.328 e. The molecule has 9 heteroatoms. The number of hydrogen-bond acceptors (Lipinski definition) is 6. The smallest absolute Gasteiger partial charge is 0.328 e. The number of aromatic nitrogens is 2. The summed E-state index contributed by atoms with van der Waals surface area (Å²) in [6, 6.07) is 7.51. The Morgan fingerprint density at radius 3 is 2.00 bits per heavy atom. The topological polar surface area (TPSA) is 106 Å². The fourth-order valence-electron chi connectivity index (χ4n) is 7.54. The van der Waals surface area contributed by atoms with Crippen molar-refractivity contribution in [2.75, 3.05) is 26.2 Å². The van der Waals surface area contributed by atoms with Crippen LogP contribution in [0, 0.1) is 0 Å².